The van der Waals surface area contributed by atoms with Crippen molar-refractivity contribution in [3.05, 3.63) is 65.2 Å². The van der Waals surface area contributed by atoms with Crippen molar-refractivity contribution in [1.29, 1.82) is 0 Å². The van der Waals surface area contributed by atoms with Crippen molar-refractivity contribution < 1.29 is 23.9 Å². The summed E-state index contributed by atoms with van der Waals surface area (Å²) in [5, 5.41) is 9.25. The van der Waals surface area contributed by atoms with Crippen molar-refractivity contribution >= 4 is 29.6 Å². The zero-order valence-electron chi connectivity index (χ0n) is 30.5. The number of hydrogen-bond acceptors (Lipinski definition) is 8. The number of benzene rings is 2. The first-order valence-corrected chi connectivity index (χ1v) is 17.8. The Morgan fingerprint density at radius 1 is 1.02 bits per heavy atom. The van der Waals surface area contributed by atoms with Gasteiger partial charge in [-0.1, -0.05) is 50.2 Å². The average molecular weight is 708 g/mol. The second-order valence-electron chi connectivity index (χ2n) is 13.4. The van der Waals surface area contributed by atoms with Crippen LogP contribution in [0.3, 0.4) is 0 Å². The second-order valence-corrected chi connectivity index (χ2v) is 13.4. The summed E-state index contributed by atoms with van der Waals surface area (Å²) in [6, 6.07) is 12.3. The minimum Gasteiger partial charge on any atom is -0.494 e. The first-order chi connectivity index (χ1) is 24.4. The van der Waals surface area contributed by atoms with Crippen LogP contribution >= 0.6 is 0 Å². The average Bonchev–Trinajstić information content (AvgIpc) is 3.09. The van der Waals surface area contributed by atoms with E-state index in [-0.39, 0.29) is 43.6 Å². The Labute approximate surface area is 301 Å². The van der Waals surface area contributed by atoms with E-state index in [1.54, 1.807) is 19.2 Å². The van der Waals surface area contributed by atoms with Crippen LogP contribution in [0.2, 0.25) is 0 Å². The van der Waals surface area contributed by atoms with E-state index in [1.807, 2.05) is 57.2 Å². The third-order valence-electron chi connectivity index (χ3n) is 8.78. The van der Waals surface area contributed by atoms with Crippen LogP contribution in [0.25, 0.3) is 0 Å². The highest BCUT2D eigenvalue weighted by atomic mass is 16.5. The smallest absolute Gasteiger partial charge is 0.252 e. The topological polar surface area (TPSA) is 210 Å². The standard InChI is InChI=1S/C37H57N9O5/c1-5-51-32-22-27(13-14-28(32)24-46-18-16-41-17-19-46)35(49)44-30(12-9-15-42-37(39)40)36(50)43-29(20-25(2)3)23-33(47)45(4)31(34(38)48)21-26-10-7-6-8-11-26/h6-8,10-11,13-14,22,25,29-31,41H,5,9,12,15-21,23-24H2,1-4H3,(H2,38,48)(H,43,50)(H,44,49)(H4,39,40,42)/t29?,30-,31-/m0/s1. The molecule has 2 aromatic rings. The van der Waals surface area contributed by atoms with E-state index in [0.717, 1.165) is 37.3 Å². The molecule has 1 saturated heterocycles. The molecule has 0 aliphatic carbocycles. The van der Waals surface area contributed by atoms with E-state index < -0.39 is 35.8 Å². The molecule has 280 valence electrons. The van der Waals surface area contributed by atoms with Crippen LogP contribution in [0.15, 0.2) is 53.5 Å². The summed E-state index contributed by atoms with van der Waals surface area (Å²) in [6.45, 7) is 11.0. The fourth-order valence-corrected chi connectivity index (χ4v) is 6.10. The number of amides is 4. The zero-order valence-corrected chi connectivity index (χ0v) is 30.5. The number of aliphatic imine (C=N–C) groups is 1. The number of ether oxygens (including phenoxy) is 1. The summed E-state index contributed by atoms with van der Waals surface area (Å²) < 4.78 is 5.93. The van der Waals surface area contributed by atoms with Crippen molar-refractivity contribution in [2.75, 3.05) is 46.4 Å². The molecule has 14 heteroatoms. The first kappa shape index (κ1) is 40.7. The highest BCUT2D eigenvalue weighted by Crippen LogP contribution is 2.23. The van der Waals surface area contributed by atoms with Gasteiger partial charge in [0.1, 0.15) is 17.8 Å². The van der Waals surface area contributed by atoms with Gasteiger partial charge in [0.15, 0.2) is 5.96 Å². The molecule has 0 bridgehead atoms. The monoisotopic (exact) mass is 707 g/mol. The highest BCUT2D eigenvalue weighted by Gasteiger charge is 2.30. The van der Waals surface area contributed by atoms with Crippen LogP contribution in [-0.4, -0.2) is 104 Å². The molecule has 0 spiro atoms. The number of nitrogens with zero attached hydrogens (tertiary/aromatic N) is 3. The Hall–Kier alpha value is -4.69. The van der Waals surface area contributed by atoms with Crippen molar-refractivity contribution in [3.63, 3.8) is 0 Å². The number of rotatable bonds is 20. The van der Waals surface area contributed by atoms with Gasteiger partial charge in [-0.05, 0) is 49.8 Å². The maximum Gasteiger partial charge on any atom is 0.252 e. The molecule has 3 rings (SSSR count). The summed E-state index contributed by atoms with van der Waals surface area (Å²) in [4.78, 5) is 61.2. The molecular weight excluding hydrogens is 650 g/mol. The number of carbonyl (C=O) groups excluding carboxylic acids is 4. The van der Waals surface area contributed by atoms with E-state index in [0.29, 0.717) is 37.3 Å². The molecule has 3 atom stereocenters. The van der Waals surface area contributed by atoms with Gasteiger partial charge in [0.2, 0.25) is 17.7 Å². The normalized spacial score (nSPS) is 14.9. The summed E-state index contributed by atoms with van der Waals surface area (Å²) in [5.41, 5.74) is 18.9. The predicted molar refractivity (Wildman–Crippen MR) is 199 cm³/mol. The van der Waals surface area contributed by atoms with Gasteiger partial charge in [0.05, 0.1) is 6.61 Å². The van der Waals surface area contributed by atoms with Gasteiger partial charge in [0, 0.05) is 76.3 Å². The van der Waals surface area contributed by atoms with Crippen molar-refractivity contribution in [2.45, 2.75) is 77.5 Å². The van der Waals surface area contributed by atoms with E-state index in [2.05, 4.69) is 25.8 Å². The Morgan fingerprint density at radius 3 is 2.35 bits per heavy atom. The van der Waals surface area contributed by atoms with Gasteiger partial charge in [-0.15, -0.1) is 0 Å². The molecule has 2 aromatic carbocycles. The molecule has 1 aliphatic rings. The molecule has 4 amide bonds. The van der Waals surface area contributed by atoms with Gasteiger partial charge in [0.25, 0.3) is 5.91 Å². The van der Waals surface area contributed by atoms with Crippen LogP contribution in [0.5, 0.6) is 5.75 Å². The van der Waals surface area contributed by atoms with E-state index >= 15 is 0 Å². The summed E-state index contributed by atoms with van der Waals surface area (Å²) in [5.74, 6) is -1.14. The summed E-state index contributed by atoms with van der Waals surface area (Å²) in [6.07, 6.45) is 1.37. The van der Waals surface area contributed by atoms with Crippen molar-refractivity contribution in [2.24, 2.45) is 28.1 Å². The molecule has 1 fully saturated rings. The third kappa shape index (κ3) is 13.9. The second kappa shape index (κ2) is 20.9. The van der Waals surface area contributed by atoms with Crippen LogP contribution in [0.4, 0.5) is 0 Å². The van der Waals surface area contributed by atoms with E-state index in [9.17, 15) is 19.2 Å². The molecular formula is C37H57N9O5. The minimum atomic E-state index is -0.943. The minimum absolute atomic E-state index is 0.0556. The van der Waals surface area contributed by atoms with Crippen LogP contribution < -0.4 is 37.9 Å². The van der Waals surface area contributed by atoms with Gasteiger partial charge in [-0.3, -0.25) is 29.1 Å². The number of likely N-dealkylation sites (N-methyl/N-ethyl adjacent to an activating group) is 1. The van der Waals surface area contributed by atoms with Crippen LogP contribution in [0.1, 0.15) is 67.9 Å². The number of guanidine groups is 1. The number of carbonyl (C=O) groups is 4. The molecule has 1 aliphatic heterocycles. The highest BCUT2D eigenvalue weighted by molar-refractivity contribution is 5.98. The zero-order chi connectivity index (χ0) is 37.3. The van der Waals surface area contributed by atoms with Gasteiger partial charge >= 0.3 is 0 Å². The van der Waals surface area contributed by atoms with E-state index in [4.69, 9.17) is 21.9 Å². The lowest BCUT2D eigenvalue weighted by Crippen LogP contribution is -2.52. The largest absolute Gasteiger partial charge is 0.494 e. The molecule has 51 heavy (non-hydrogen) atoms. The molecule has 0 saturated carbocycles. The first-order valence-electron chi connectivity index (χ1n) is 17.8. The fourth-order valence-electron chi connectivity index (χ4n) is 6.10. The Morgan fingerprint density at radius 2 is 1.73 bits per heavy atom. The SMILES string of the molecule is CCOc1cc(C(=O)N[C@@H](CCCN=C(N)N)C(=O)NC(CC(=O)N(C)[C@@H](Cc2ccccc2)C(N)=O)CC(C)C)ccc1CN1CCNCC1. The third-order valence-corrected chi connectivity index (χ3v) is 8.78. The Bertz CT molecular complexity index is 1460. The van der Waals surface area contributed by atoms with Crippen molar-refractivity contribution in [1.82, 2.24) is 25.8 Å². The predicted octanol–water partition coefficient (Wildman–Crippen LogP) is 1.12. The lowest BCUT2D eigenvalue weighted by molar-refractivity contribution is -0.138. The van der Waals surface area contributed by atoms with Gasteiger partial charge in [-0.2, -0.15) is 0 Å². The van der Waals surface area contributed by atoms with E-state index in [1.165, 1.54) is 4.90 Å². The molecule has 0 aromatic heterocycles. The fraction of sp³-hybridized carbons (Fsp3) is 0.541. The molecule has 9 N–H and O–H groups in total. The van der Waals surface area contributed by atoms with Crippen molar-refractivity contribution in [3.8, 4) is 5.75 Å². The lowest BCUT2D eigenvalue weighted by atomic mass is 9.98. The Kier molecular flexibility index (Phi) is 16.7. The maximum atomic E-state index is 13.9. The number of hydrogen-bond donors (Lipinski definition) is 6. The number of piperazine rings is 1. The Balaban J connectivity index is 1.77. The number of primary amides is 1. The van der Waals surface area contributed by atoms with Gasteiger partial charge < -0.3 is 42.8 Å². The quantitative estimate of drug-likeness (QED) is 0.0661. The number of nitrogens with one attached hydrogen (secondary N) is 3. The molecule has 14 nitrogen and oxygen atoms in total. The van der Waals surface area contributed by atoms with Gasteiger partial charge in [-0.25, -0.2) is 0 Å². The van der Waals surface area contributed by atoms with Crippen LogP contribution in [0, 0.1) is 5.92 Å². The lowest BCUT2D eigenvalue weighted by Gasteiger charge is -2.29. The molecule has 1 heterocycles. The number of nitrogens with two attached hydrogens (primary N) is 3. The molecule has 1 unspecified atom stereocenters. The summed E-state index contributed by atoms with van der Waals surface area (Å²) in [7, 11) is 1.55. The maximum absolute atomic E-state index is 13.9. The van der Waals surface area contributed by atoms with Crippen LogP contribution in [-0.2, 0) is 27.3 Å². The molecule has 0 radical (unpaired) electrons. The summed E-state index contributed by atoms with van der Waals surface area (Å²) >= 11 is 0.